The van der Waals surface area contributed by atoms with Gasteiger partial charge in [-0.1, -0.05) is 46.0 Å². The van der Waals surface area contributed by atoms with Gasteiger partial charge in [0.25, 0.3) is 0 Å². The second-order valence-corrected chi connectivity index (χ2v) is 12.4. The number of hydrogen-bond donors (Lipinski definition) is 10. The van der Waals surface area contributed by atoms with Crippen molar-refractivity contribution >= 4 is 47.4 Å². The Bertz CT molecular complexity index is 1150. The summed E-state index contributed by atoms with van der Waals surface area (Å²) in [5.74, 6) is -3.97. The number of carbonyl (C=O) groups is 6. The molecule has 48 heavy (non-hydrogen) atoms. The SMILES string of the molecule is CC(=O)N[C@@H](CCCN=C(N)N)C(=O)NCC(=O)N[C@@H](CC1CCCCC1)C(=O)N[C@@H](C(=O)N[C@@H](CCCN=C(N)N)C(N)=O)C(C)C. The maximum atomic E-state index is 13.6. The second kappa shape index (κ2) is 22.0. The van der Waals surface area contributed by atoms with Gasteiger partial charge in [-0.05, 0) is 43.9 Å². The van der Waals surface area contributed by atoms with Crippen molar-refractivity contribution in [2.45, 2.75) is 109 Å². The molecular weight excluding hydrogens is 624 g/mol. The highest BCUT2D eigenvalue weighted by Gasteiger charge is 2.32. The first-order chi connectivity index (χ1) is 22.6. The molecule has 0 saturated heterocycles. The number of nitrogens with zero attached hydrogens (tertiary/aromatic N) is 2. The normalized spacial score (nSPS) is 15.5. The molecule has 272 valence electrons. The maximum absolute atomic E-state index is 13.6. The van der Waals surface area contributed by atoms with Crippen molar-refractivity contribution in [2.75, 3.05) is 19.6 Å². The number of nitrogens with two attached hydrogens (primary N) is 5. The van der Waals surface area contributed by atoms with E-state index in [4.69, 9.17) is 28.7 Å². The molecule has 18 nitrogen and oxygen atoms in total. The van der Waals surface area contributed by atoms with Crippen LogP contribution in [0.25, 0.3) is 0 Å². The number of aliphatic imine (C=N–C) groups is 2. The summed E-state index contributed by atoms with van der Waals surface area (Å²) in [4.78, 5) is 84.2. The summed E-state index contributed by atoms with van der Waals surface area (Å²) in [6.07, 6.45) is 6.41. The molecule has 1 rings (SSSR count). The van der Waals surface area contributed by atoms with Crippen molar-refractivity contribution in [3.63, 3.8) is 0 Å². The highest BCUT2D eigenvalue weighted by Crippen LogP contribution is 2.27. The zero-order valence-corrected chi connectivity index (χ0v) is 28.4. The maximum Gasteiger partial charge on any atom is 0.243 e. The number of rotatable bonds is 21. The van der Waals surface area contributed by atoms with Crippen LogP contribution in [0.4, 0.5) is 0 Å². The van der Waals surface area contributed by atoms with Crippen molar-refractivity contribution in [3.8, 4) is 0 Å². The van der Waals surface area contributed by atoms with Gasteiger partial charge >= 0.3 is 0 Å². The van der Waals surface area contributed by atoms with E-state index < -0.39 is 66.2 Å². The topological polar surface area (TPSA) is 317 Å². The Balaban J connectivity index is 2.97. The fraction of sp³-hybridized carbons (Fsp3) is 0.733. The molecular formula is C30H56N12O6. The molecule has 6 amide bonds. The van der Waals surface area contributed by atoms with Crippen molar-refractivity contribution in [3.05, 3.63) is 0 Å². The van der Waals surface area contributed by atoms with Gasteiger partial charge in [-0.15, -0.1) is 0 Å². The largest absolute Gasteiger partial charge is 0.370 e. The third kappa shape index (κ3) is 17.3. The Kier molecular flexibility index (Phi) is 19.0. The van der Waals surface area contributed by atoms with Gasteiger partial charge < -0.3 is 55.3 Å². The van der Waals surface area contributed by atoms with Gasteiger partial charge in [0, 0.05) is 20.0 Å². The third-order valence-corrected chi connectivity index (χ3v) is 7.86. The van der Waals surface area contributed by atoms with E-state index in [1.54, 1.807) is 13.8 Å². The Morgan fingerprint density at radius 1 is 0.688 bits per heavy atom. The summed E-state index contributed by atoms with van der Waals surface area (Å²) in [6, 6.07) is -3.98. The lowest BCUT2D eigenvalue weighted by Gasteiger charge is -2.29. The van der Waals surface area contributed by atoms with Gasteiger partial charge in [-0.2, -0.15) is 0 Å². The zero-order chi connectivity index (χ0) is 36.2. The molecule has 4 atom stereocenters. The van der Waals surface area contributed by atoms with E-state index >= 15 is 0 Å². The van der Waals surface area contributed by atoms with Crippen LogP contribution in [0.2, 0.25) is 0 Å². The molecule has 0 heterocycles. The Hall–Kier alpha value is -4.64. The Morgan fingerprint density at radius 2 is 1.25 bits per heavy atom. The zero-order valence-electron chi connectivity index (χ0n) is 28.4. The summed E-state index contributed by atoms with van der Waals surface area (Å²) >= 11 is 0. The monoisotopic (exact) mass is 680 g/mol. The number of primary amides is 1. The lowest BCUT2D eigenvalue weighted by Crippen LogP contribution is -2.58. The summed E-state index contributed by atoms with van der Waals surface area (Å²) in [5, 5.41) is 13.1. The average Bonchev–Trinajstić information content (AvgIpc) is 3.00. The van der Waals surface area contributed by atoms with E-state index in [9.17, 15) is 28.8 Å². The molecule has 0 radical (unpaired) electrons. The predicted molar refractivity (Wildman–Crippen MR) is 181 cm³/mol. The third-order valence-electron chi connectivity index (χ3n) is 7.86. The number of hydrogen-bond acceptors (Lipinski definition) is 8. The molecule has 0 aromatic rings. The van der Waals surface area contributed by atoms with E-state index in [-0.39, 0.29) is 49.7 Å². The molecule has 0 spiro atoms. The van der Waals surface area contributed by atoms with Gasteiger partial charge in [-0.25, -0.2) is 0 Å². The Labute approximate surface area is 282 Å². The van der Waals surface area contributed by atoms with E-state index in [1.807, 2.05) is 0 Å². The van der Waals surface area contributed by atoms with Crippen molar-refractivity contribution < 1.29 is 28.8 Å². The molecule has 0 aromatic carbocycles. The van der Waals surface area contributed by atoms with Crippen molar-refractivity contribution in [1.29, 1.82) is 0 Å². The molecule has 15 N–H and O–H groups in total. The number of guanidine groups is 2. The van der Waals surface area contributed by atoms with Crippen LogP contribution in [0.5, 0.6) is 0 Å². The van der Waals surface area contributed by atoms with Crippen LogP contribution in [-0.4, -0.2) is 91.2 Å². The van der Waals surface area contributed by atoms with Crippen LogP contribution in [0.15, 0.2) is 9.98 Å². The molecule has 1 saturated carbocycles. The van der Waals surface area contributed by atoms with Gasteiger partial charge in [0.05, 0.1) is 6.54 Å². The summed E-state index contributed by atoms with van der Waals surface area (Å²) in [6.45, 7) is 4.77. The van der Waals surface area contributed by atoms with Crippen molar-refractivity contribution in [1.82, 2.24) is 26.6 Å². The smallest absolute Gasteiger partial charge is 0.243 e. The van der Waals surface area contributed by atoms with E-state index in [0.717, 1.165) is 32.1 Å². The first kappa shape index (κ1) is 41.4. The van der Waals surface area contributed by atoms with Gasteiger partial charge in [0.1, 0.15) is 24.2 Å². The molecule has 1 fully saturated rings. The van der Waals surface area contributed by atoms with Gasteiger partial charge in [0.2, 0.25) is 35.4 Å². The highest BCUT2D eigenvalue weighted by molar-refractivity contribution is 5.95. The number of amides is 6. The first-order valence-corrected chi connectivity index (χ1v) is 16.5. The highest BCUT2D eigenvalue weighted by atomic mass is 16.2. The van der Waals surface area contributed by atoms with Crippen LogP contribution in [0, 0.1) is 11.8 Å². The average molecular weight is 681 g/mol. The molecule has 0 aromatic heterocycles. The van der Waals surface area contributed by atoms with Crippen LogP contribution >= 0.6 is 0 Å². The number of nitrogens with one attached hydrogen (secondary N) is 5. The van der Waals surface area contributed by atoms with Crippen LogP contribution < -0.4 is 55.3 Å². The van der Waals surface area contributed by atoms with E-state index in [1.165, 1.54) is 6.92 Å². The minimum atomic E-state index is -1.04. The summed E-state index contributed by atoms with van der Waals surface area (Å²) in [7, 11) is 0. The predicted octanol–water partition coefficient (Wildman–Crippen LogP) is -2.72. The molecule has 18 heteroatoms. The molecule has 0 bridgehead atoms. The standard InChI is InChI=1S/C30H56N12O6/c1-17(2)24(28(48)41-20(25(31)45)11-7-13-36-29(32)33)42-27(47)22(15-19-9-5-4-6-10-19)40-23(44)16-38-26(46)21(39-18(3)43)12-8-14-37-30(34)35/h17,19-22,24H,4-16H2,1-3H3,(H2,31,45)(H,38,46)(H,39,43)(H,40,44)(H,41,48)(H,42,47)(H4,32,33,36)(H4,34,35,37)/t20-,21-,22-,24+/m0/s1. The molecule has 0 aliphatic heterocycles. The number of carbonyl (C=O) groups excluding carboxylic acids is 6. The lowest BCUT2D eigenvalue weighted by atomic mass is 9.84. The molecule has 1 aliphatic carbocycles. The van der Waals surface area contributed by atoms with Crippen LogP contribution in [-0.2, 0) is 28.8 Å². The fourth-order valence-corrected chi connectivity index (χ4v) is 5.38. The van der Waals surface area contributed by atoms with Crippen molar-refractivity contribution in [2.24, 2.45) is 50.5 Å². The fourth-order valence-electron chi connectivity index (χ4n) is 5.38. The summed E-state index contributed by atoms with van der Waals surface area (Å²) in [5.41, 5.74) is 26.8. The van der Waals surface area contributed by atoms with E-state index in [2.05, 4.69) is 36.6 Å². The Morgan fingerprint density at radius 3 is 1.75 bits per heavy atom. The van der Waals surface area contributed by atoms with Gasteiger partial charge in [0.15, 0.2) is 11.9 Å². The van der Waals surface area contributed by atoms with Crippen LogP contribution in [0.1, 0.15) is 85.0 Å². The molecule has 1 aliphatic rings. The van der Waals surface area contributed by atoms with Gasteiger partial charge in [-0.3, -0.25) is 38.8 Å². The summed E-state index contributed by atoms with van der Waals surface area (Å²) < 4.78 is 0. The molecule has 0 unspecified atom stereocenters. The first-order valence-electron chi connectivity index (χ1n) is 16.5. The second-order valence-electron chi connectivity index (χ2n) is 12.4. The quantitative estimate of drug-likeness (QED) is 0.0339. The lowest BCUT2D eigenvalue weighted by molar-refractivity contribution is -0.134. The van der Waals surface area contributed by atoms with E-state index in [0.29, 0.717) is 19.3 Å². The van der Waals surface area contributed by atoms with Crippen LogP contribution in [0.3, 0.4) is 0 Å². The minimum Gasteiger partial charge on any atom is -0.370 e. The minimum absolute atomic E-state index is 0.0924.